The van der Waals surface area contributed by atoms with Crippen LogP contribution in [0.2, 0.25) is 43.8 Å². The van der Waals surface area contributed by atoms with Gasteiger partial charge in [-0.05, 0) is 69.1 Å². The molecule has 2 rings (SSSR count). The Balaban J connectivity index is 2.58. The van der Waals surface area contributed by atoms with Gasteiger partial charge in [0.15, 0.2) is 23.9 Å². The quantitative estimate of drug-likeness (QED) is 0.0661. The van der Waals surface area contributed by atoms with E-state index >= 15 is 0 Å². The molecule has 9 nitrogen and oxygen atoms in total. The molecule has 1 aromatic rings. The topological polar surface area (TPSA) is 121 Å². The van der Waals surface area contributed by atoms with E-state index < -0.39 is 55.7 Å². The second kappa shape index (κ2) is 17.1. The second-order valence-electron chi connectivity index (χ2n) is 17.2. The Kier molecular flexibility index (Phi) is 15.4. The minimum absolute atomic E-state index is 0.0440. The van der Waals surface area contributed by atoms with Gasteiger partial charge in [-0.15, -0.1) is 0 Å². The Bertz CT molecular complexity index is 1270. The van der Waals surface area contributed by atoms with Crippen LogP contribution in [0.4, 0.5) is 0 Å². The Morgan fingerprint density at radius 1 is 1.04 bits per heavy atom. The van der Waals surface area contributed by atoms with Gasteiger partial charge in [0.05, 0.1) is 41.7 Å². The van der Waals surface area contributed by atoms with Crippen molar-refractivity contribution in [2.45, 2.75) is 153 Å². The summed E-state index contributed by atoms with van der Waals surface area (Å²) in [5.41, 5.74) is -0.341. The molecule has 1 fully saturated rings. The highest BCUT2D eigenvalue weighted by Gasteiger charge is 2.49. The van der Waals surface area contributed by atoms with Crippen LogP contribution in [0.1, 0.15) is 68.2 Å². The molecule has 1 heterocycles. The average molecular weight is 731 g/mol. The number of aliphatic hydroxyl groups excluding tert-OH is 2. The molecule has 0 saturated carbocycles. The zero-order valence-corrected chi connectivity index (χ0v) is 34.8. The standard InChI is InChI=1S/C36H66O9SSi2/c1-27-31(44-36(7,8)43-27)24-29(38)23-28(19-20-37)32(42-26-41-21-22-47(9,10)11)33(45-48(12,13)34(2,3)4)35(5,6)25-46(39,40)30-17-15-14-16-18-30/h14-19,27,29,31-33,37-38H,20-26H2,1-13H3/b28-19+/t27-,29+,31-,32+,33-/m1/s1. The largest absolute Gasteiger partial charge is 0.410 e. The first-order valence-corrected chi connectivity index (χ1v) is 25.6. The number of sulfone groups is 1. The third-order valence-electron chi connectivity index (χ3n) is 9.39. The minimum Gasteiger partial charge on any atom is -0.410 e. The molecule has 0 bridgehead atoms. The average Bonchev–Trinajstić information content (AvgIpc) is 3.18. The predicted octanol–water partition coefficient (Wildman–Crippen LogP) is 7.17. The van der Waals surface area contributed by atoms with Crippen LogP contribution in [0, 0.1) is 5.41 Å². The molecule has 1 saturated heterocycles. The third kappa shape index (κ3) is 13.3. The van der Waals surface area contributed by atoms with Crippen molar-refractivity contribution in [2.75, 3.05) is 25.8 Å². The second-order valence-corrected chi connectivity index (χ2v) is 29.6. The van der Waals surface area contributed by atoms with Gasteiger partial charge in [-0.1, -0.05) is 78.5 Å². The fourth-order valence-corrected chi connectivity index (χ4v) is 9.73. The van der Waals surface area contributed by atoms with Crippen molar-refractivity contribution in [2.24, 2.45) is 5.41 Å². The first kappa shape index (κ1) is 43.2. The fourth-order valence-electron chi connectivity index (χ4n) is 5.66. The first-order valence-electron chi connectivity index (χ1n) is 17.3. The highest BCUT2D eigenvalue weighted by atomic mass is 32.2. The summed E-state index contributed by atoms with van der Waals surface area (Å²) < 4.78 is 59.4. The van der Waals surface area contributed by atoms with E-state index in [0.29, 0.717) is 18.6 Å². The molecule has 1 aromatic carbocycles. The Labute approximate surface area is 293 Å². The monoisotopic (exact) mass is 730 g/mol. The number of ether oxygens (including phenoxy) is 4. The van der Waals surface area contributed by atoms with Crippen LogP contribution in [0.25, 0.3) is 0 Å². The number of hydrogen-bond acceptors (Lipinski definition) is 9. The summed E-state index contributed by atoms with van der Waals surface area (Å²) in [4.78, 5) is 0.244. The van der Waals surface area contributed by atoms with Crippen LogP contribution in [0.3, 0.4) is 0 Å². The molecule has 0 aliphatic carbocycles. The lowest BCUT2D eigenvalue weighted by molar-refractivity contribution is -0.147. The number of benzene rings is 1. The molecule has 0 aromatic heterocycles. The molecule has 0 unspecified atom stereocenters. The van der Waals surface area contributed by atoms with Gasteiger partial charge >= 0.3 is 0 Å². The molecule has 278 valence electrons. The molecule has 12 heteroatoms. The van der Waals surface area contributed by atoms with E-state index in [2.05, 4.69) is 53.5 Å². The van der Waals surface area contributed by atoms with E-state index in [1.807, 2.05) is 34.6 Å². The van der Waals surface area contributed by atoms with E-state index in [-0.39, 0.29) is 47.7 Å². The van der Waals surface area contributed by atoms with Gasteiger partial charge in [0.1, 0.15) is 12.9 Å². The summed E-state index contributed by atoms with van der Waals surface area (Å²) in [6.07, 6.45) is -0.826. The van der Waals surface area contributed by atoms with Crippen LogP contribution < -0.4 is 0 Å². The van der Waals surface area contributed by atoms with Gasteiger partial charge in [-0.25, -0.2) is 8.42 Å². The smallest absolute Gasteiger partial charge is 0.192 e. The molecule has 0 spiro atoms. The SMILES string of the molecule is C[C@H]1OC(C)(C)O[C@@H]1C[C@@H](O)C/C(=C\CO)[C@H](OCOCC[Si](C)(C)C)[C@@H](O[Si](C)(C)C(C)(C)C)C(C)(C)CS(=O)(=O)c1ccccc1. The maximum atomic E-state index is 13.9. The lowest BCUT2D eigenvalue weighted by Crippen LogP contribution is -2.55. The van der Waals surface area contributed by atoms with Crippen molar-refractivity contribution in [3.63, 3.8) is 0 Å². The lowest BCUT2D eigenvalue weighted by atomic mass is 9.81. The molecule has 2 N–H and O–H groups in total. The highest BCUT2D eigenvalue weighted by Crippen LogP contribution is 2.43. The van der Waals surface area contributed by atoms with Crippen molar-refractivity contribution in [1.29, 1.82) is 0 Å². The summed E-state index contributed by atoms with van der Waals surface area (Å²) in [5, 5.41) is 21.5. The molecule has 48 heavy (non-hydrogen) atoms. The Morgan fingerprint density at radius 3 is 2.15 bits per heavy atom. The van der Waals surface area contributed by atoms with Gasteiger partial charge in [0.2, 0.25) is 0 Å². The predicted molar refractivity (Wildman–Crippen MR) is 198 cm³/mol. The van der Waals surface area contributed by atoms with E-state index in [1.54, 1.807) is 36.4 Å². The van der Waals surface area contributed by atoms with Gasteiger partial charge in [0.25, 0.3) is 0 Å². The molecule has 5 atom stereocenters. The normalized spacial score (nSPS) is 21.7. The third-order valence-corrected chi connectivity index (χ3v) is 17.7. The van der Waals surface area contributed by atoms with Crippen LogP contribution >= 0.6 is 0 Å². The highest BCUT2D eigenvalue weighted by molar-refractivity contribution is 7.91. The summed E-state index contributed by atoms with van der Waals surface area (Å²) in [6.45, 7) is 27.2. The summed E-state index contributed by atoms with van der Waals surface area (Å²) >= 11 is 0. The minimum atomic E-state index is -3.72. The van der Waals surface area contributed by atoms with Crippen molar-refractivity contribution in [1.82, 2.24) is 0 Å². The maximum Gasteiger partial charge on any atom is 0.192 e. The van der Waals surface area contributed by atoms with Crippen molar-refractivity contribution < 1.29 is 42.0 Å². The molecular formula is C36H66O9SSi2. The van der Waals surface area contributed by atoms with Crippen molar-refractivity contribution in [3.05, 3.63) is 42.0 Å². The number of rotatable bonds is 19. The van der Waals surface area contributed by atoms with Gasteiger partial charge in [-0.2, -0.15) is 0 Å². The maximum absolute atomic E-state index is 13.9. The summed E-state index contributed by atoms with van der Waals surface area (Å²) in [7, 11) is -7.61. The Hall–Kier alpha value is -0.936. The van der Waals surface area contributed by atoms with E-state index in [4.69, 9.17) is 23.4 Å². The summed E-state index contributed by atoms with van der Waals surface area (Å²) in [5.74, 6) is -0.947. The molecule has 1 aliphatic heterocycles. The van der Waals surface area contributed by atoms with Gasteiger partial charge < -0.3 is 33.6 Å². The zero-order valence-electron chi connectivity index (χ0n) is 32.0. The van der Waals surface area contributed by atoms with Crippen molar-refractivity contribution >= 4 is 26.2 Å². The fraction of sp³-hybridized carbons (Fsp3) is 0.778. The lowest BCUT2D eigenvalue weighted by Gasteiger charge is -2.47. The molecule has 0 radical (unpaired) electrons. The van der Waals surface area contributed by atoms with Crippen LogP contribution in [-0.4, -0.2) is 97.1 Å². The van der Waals surface area contributed by atoms with Crippen LogP contribution in [0.5, 0.6) is 0 Å². The molecular weight excluding hydrogens is 665 g/mol. The van der Waals surface area contributed by atoms with E-state index in [1.165, 1.54) is 0 Å². The summed E-state index contributed by atoms with van der Waals surface area (Å²) in [6, 6.07) is 9.42. The molecule has 1 aliphatic rings. The molecule has 0 amide bonds. The van der Waals surface area contributed by atoms with Crippen LogP contribution in [0.15, 0.2) is 46.9 Å². The Morgan fingerprint density at radius 2 is 1.65 bits per heavy atom. The van der Waals surface area contributed by atoms with Gasteiger partial charge in [-0.3, -0.25) is 0 Å². The number of hydrogen-bond donors (Lipinski definition) is 2. The van der Waals surface area contributed by atoms with Gasteiger partial charge in [0, 0.05) is 26.5 Å². The first-order chi connectivity index (χ1) is 21.8. The van der Waals surface area contributed by atoms with E-state index in [9.17, 15) is 18.6 Å². The van der Waals surface area contributed by atoms with E-state index in [0.717, 1.165) is 6.04 Å². The van der Waals surface area contributed by atoms with Crippen LogP contribution in [-0.2, 0) is 33.2 Å². The zero-order chi connectivity index (χ0) is 36.8. The van der Waals surface area contributed by atoms with Crippen molar-refractivity contribution in [3.8, 4) is 0 Å². The number of aliphatic hydroxyl groups is 2.